The van der Waals surface area contributed by atoms with Gasteiger partial charge in [-0.15, -0.1) is 0 Å². The molecule has 3 aromatic rings. The number of primary sulfonamides is 1. The van der Waals surface area contributed by atoms with Crippen LogP contribution in [0.5, 0.6) is 11.5 Å². The third-order valence-corrected chi connectivity index (χ3v) is 6.87. The van der Waals surface area contributed by atoms with Crippen molar-refractivity contribution in [2.75, 3.05) is 19.1 Å². The van der Waals surface area contributed by atoms with Gasteiger partial charge in [0.1, 0.15) is 5.76 Å². The fraction of sp³-hybridized carbons (Fsp3) is 0.154. The summed E-state index contributed by atoms with van der Waals surface area (Å²) < 4.78 is 34.1. The van der Waals surface area contributed by atoms with Crippen LogP contribution in [0.15, 0.2) is 77.2 Å². The number of amides is 1. The first-order valence-electron chi connectivity index (χ1n) is 10.8. The summed E-state index contributed by atoms with van der Waals surface area (Å²) in [5.74, 6) is -1.30. The number of carbonyl (C=O) groups excluding carboxylic acids is 2. The normalized spacial score (nSPS) is 17.3. The molecule has 1 heterocycles. The van der Waals surface area contributed by atoms with Gasteiger partial charge in [-0.05, 0) is 48.9 Å². The minimum atomic E-state index is -3.96. The number of sulfonamides is 1. The highest BCUT2D eigenvalue weighted by atomic mass is 32.2. The number of aryl methyl sites for hydroxylation is 1. The Labute approximate surface area is 208 Å². The second kappa shape index (κ2) is 9.48. The van der Waals surface area contributed by atoms with Gasteiger partial charge in [-0.1, -0.05) is 35.9 Å². The van der Waals surface area contributed by atoms with Gasteiger partial charge < -0.3 is 14.6 Å². The Morgan fingerprint density at radius 2 is 1.53 bits per heavy atom. The summed E-state index contributed by atoms with van der Waals surface area (Å²) >= 11 is 0. The maximum atomic E-state index is 13.3. The lowest BCUT2D eigenvalue weighted by Gasteiger charge is -2.26. The van der Waals surface area contributed by atoms with Crippen molar-refractivity contribution >= 4 is 33.2 Å². The van der Waals surface area contributed by atoms with Gasteiger partial charge in [0, 0.05) is 11.3 Å². The standard InChI is InChI=1S/C26H24N2O7S/c1-15-4-6-16(7-5-15)24(29)22-23(17-8-13-20(34-2)21(14-17)35-3)28(26(31)25(22)30)18-9-11-19(12-10-18)36(27,32)33/h4-14,23,29H,1-3H3,(H2,27,32,33)/b24-22+. The van der Waals surface area contributed by atoms with E-state index in [0.29, 0.717) is 22.6 Å². The molecule has 0 bridgehead atoms. The summed E-state index contributed by atoms with van der Waals surface area (Å²) in [5, 5.41) is 16.4. The van der Waals surface area contributed by atoms with E-state index in [1.807, 2.05) is 6.92 Å². The number of carbonyl (C=O) groups is 2. The van der Waals surface area contributed by atoms with E-state index in [2.05, 4.69) is 0 Å². The number of methoxy groups -OCH3 is 2. The summed E-state index contributed by atoms with van der Waals surface area (Å²) in [4.78, 5) is 27.6. The molecular formula is C26H24N2O7S. The van der Waals surface area contributed by atoms with E-state index in [1.165, 1.54) is 43.4 Å². The Morgan fingerprint density at radius 1 is 0.917 bits per heavy atom. The first-order valence-corrected chi connectivity index (χ1v) is 12.3. The summed E-state index contributed by atoms with van der Waals surface area (Å²) in [6, 6.07) is 16.0. The number of nitrogens with two attached hydrogens (primary N) is 1. The van der Waals surface area contributed by atoms with E-state index in [4.69, 9.17) is 14.6 Å². The Morgan fingerprint density at radius 3 is 2.08 bits per heavy atom. The molecule has 0 spiro atoms. The second-order valence-electron chi connectivity index (χ2n) is 8.19. The van der Waals surface area contributed by atoms with Gasteiger partial charge in [-0.3, -0.25) is 14.5 Å². The molecule has 4 rings (SSSR count). The molecule has 1 unspecified atom stereocenters. The van der Waals surface area contributed by atoms with Crippen LogP contribution >= 0.6 is 0 Å². The van der Waals surface area contributed by atoms with Crippen LogP contribution in [-0.4, -0.2) is 39.4 Å². The first-order chi connectivity index (χ1) is 17.1. The van der Waals surface area contributed by atoms with Crippen LogP contribution in [-0.2, 0) is 19.6 Å². The fourth-order valence-electron chi connectivity index (χ4n) is 4.10. The van der Waals surface area contributed by atoms with Crippen LogP contribution in [0.1, 0.15) is 22.7 Å². The lowest BCUT2D eigenvalue weighted by Crippen LogP contribution is -2.29. The average molecular weight is 509 g/mol. The molecule has 1 fully saturated rings. The third kappa shape index (κ3) is 4.43. The number of hydrogen-bond donors (Lipinski definition) is 2. The van der Waals surface area contributed by atoms with Crippen LogP contribution in [0.2, 0.25) is 0 Å². The molecule has 9 nitrogen and oxygen atoms in total. The highest BCUT2D eigenvalue weighted by Crippen LogP contribution is 2.44. The predicted molar refractivity (Wildman–Crippen MR) is 133 cm³/mol. The zero-order valence-electron chi connectivity index (χ0n) is 19.8. The van der Waals surface area contributed by atoms with Crippen molar-refractivity contribution < 1.29 is 32.6 Å². The highest BCUT2D eigenvalue weighted by molar-refractivity contribution is 7.89. The minimum Gasteiger partial charge on any atom is -0.507 e. The van der Waals surface area contributed by atoms with Gasteiger partial charge >= 0.3 is 0 Å². The minimum absolute atomic E-state index is 0.119. The number of hydrogen-bond acceptors (Lipinski definition) is 7. The molecule has 36 heavy (non-hydrogen) atoms. The number of Topliss-reactive ketones (excluding diaryl/α,β-unsaturated/α-hetero) is 1. The predicted octanol–water partition coefficient (Wildman–Crippen LogP) is 3.29. The Kier molecular flexibility index (Phi) is 6.57. The summed E-state index contributed by atoms with van der Waals surface area (Å²) in [6.07, 6.45) is 0. The van der Waals surface area contributed by atoms with Crippen molar-refractivity contribution in [3.8, 4) is 11.5 Å². The molecule has 10 heteroatoms. The lowest BCUT2D eigenvalue weighted by atomic mass is 9.94. The maximum absolute atomic E-state index is 13.3. The monoisotopic (exact) mass is 508 g/mol. The molecular weight excluding hydrogens is 484 g/mol. The van der Waals surface area contributed by atoms with Gasteiger partial charge in [-0.25, -0.2) is 13.6 Å². The quantitative estimate of drug-likeness (QED) is 0.296. The van der Waals surface area contributed by atoms with Gasteiger partial charge in [0.25, 0.3) is 11.7 Å². The smallest absolute Gasteiger partial charge is 0.300 e. The topological polar surface area (TPSA) is 136 Å². The zero-order valence-corrected chi connectivity index (χ0v) is 20.6. The molecule has 0 radical (unpaired) electrons. The molecule has 3 aromatic carbocycles. The molecule has 3 N–H and O–H groups in total. The van der Waals surface area contributed by atoms with Crippen LogP contribution < -0.4 is 19.5 Å². The number of nitrogens with zero attached hydrogens (tertiary/aromatic N) is 1. The molecule has 1 amide bonds. The highest BCUT2D eigenvalue weighted by Gasteiger charge is 2.47. The van der Waals surface area contributed by atoms with Crippen molar-refractivity contribution in [2.24, 2.45) is 5.14 Å². The second-order valence-corrected chi connectivity index (χ2v) is 9.75. The van der Waals surface area contributed by atoms with Gasteiger partial charge in [0.15, 0.2) is 11.5 Å². The first kappa shape index (κ1) is 25.0. The average Bonchev–Trinajstić information content (AvgIpc) is 3.13. The molecule has 0 saturated carbocycles. The molecule has 186 valence electrons. The number of benzene rings is 3. The van der Waals surface area contributed by atoms with Gasteiger partial charge in [-0.2, -0.15) is 0 Å². The van der Waals surface area contributed by atoms with Crippen LogP contribution in [0.4, 0.5) is 5.69 Å². The number of aliphatic hydroxyl groups excluding tert-OH is 1. The summed E-state index contributed by atoms with van der Waals surface area (Å²) in [6.45, 7) is 1.89. The van der Waals surface area contributed by atoms with Gasteiger partial charge in [0.2, 0.25) is 10.0 Å². The van der Waals surface area contributed by atoms with Crippen LogP contribution in [0.25, 0.3) is 5.76 Å². The van der Waals surface area contributed by atoms with Crippen LogP contribution in [0, 0.1) is 6.92 Å². The zero-order chi connectivity index (χ0) is 26.2. The molecule has 1 saturated heterocycles. The Hall–Kier alpha value is -4.15. The largest absolute Gasteiger partial charge is 0.507 e. The van der Waals surface area contributed by atoms with Gasteiger partial charge in [0.05, 0.1) is 30.7 Å². The number of ether oxygens (including phenoxy) is 2. The van der Waals surface area contributed by atoms with E-state index < -0.39 is 27.8 Å². The number of ketones is 1. The maximum Gasteiger partial charge on any atom is 0.300 e. The van der Waals surface area contributed by atoms with E-state index in [9.17, 15) is 23.1 Å². The van der Waals surface area contributed by atoms with E-state index in [0.717, 1.165) is 5.56 Å². The summed E-state index contributed by atoms with van der Waals surface area (Å²) in [7, 11) is -1.03. The Bertz CT molecular complexity index is 1480. The number of rotatable bonds is 6. The fourth-order valence-corrected chi connectivity index (χ4v) is 4.62. The van der Waals surface area contributed by atoms with Crippen molar-refractivity contribution in [3.63, 3.8) is 0 Å². The third-order valence-electron chi connectivity index (χ3n) is 5.94. The summed E-state index contributed by atoms with van der Waals surface area (Å²) in [5.41, 5.74) is 1.92. The number of anilines is 1. The molecule has 1 atom stereocenters. The molecule has 0 aromatic heterocycles. The van der Waals surface area contributed by atoms with E-state index in [-0.39, 0.29) is 21.9 Å². The van der Waals surface area contributed by atoms with Crippen molar-refractivity contribution in [3.05, 3.63) is 89.0 Å². The molecule has 1 aliphatic rings. The SMILES string of the molecule is COc1ccc(C2/C(=C(\O)c3ccc(C)cc3)C(=O)C(=O)N2c2ccc(S(N)(=O)=O)cc2)cc1OC. The number of aliphatic hydroxyl groups is 1. The van der Waals surface area contributed by atoms with Crippen molar-refractivity contribution in [1.29, 1.82) is 0 Å². The van der Waals surface area contributed by atoms with E-state index in [1.54, 1.807) is 42.5 Å². The molecule has 0 aliphatic carbocycles. The molecule has 1 aliphatic heterocycles. The van der Waals surface area contributed by atoms with Crippen molar-refractivity contribution in [1.82, 2.24) is 0 Å². The van der Waals surface area contributed by atoms with E-state index >= 15 is 0 Å². The van der Waals surface area contributed by atoms with Crippen molar-refractivity contribution in [2.45, 2.75) is 17.9 Å². The van der Waals surface area contributed by atoms with Crippen LogP contribution in [0.3, 0.4) is 0 Å². The lowest BCUT2D eigenvalue weighted by molar-refractivity contribution is -0.132. The Balaban J connectivity index is 1.95.